The Hall–Kier alpha value is -3.52. The molecule has 1 aliphatic rings. The van der Waals surface area contributed by atoms with E-state index >= 15 is 0 Å². The molecule has 2 heterocycles. The van der Waals surface area contributed by atoms with Crippen molar-refractivity contribution < 1.29 is 18.1 Å². The van der Waals surface area contributed by atoms with Gasteiger partial charge in [0.2, 0.25) is 0 Å². The molecule has 30 heavy (non-hydrogen) atoms. The molecule has 0 spiro atoms. The molecule has 1 fully saturated rings. The first-order valence-electron chi connectivity index (χ1n) is 9.09. The minimum atomic E-state index is -3.73. The van der Waals surface area contributed by atoms with Crippen LogP contribution in [0.25, 0.3) is 0 Å². The van der Waals surface area contributed by atoms with Gasteiger partial charge >= 0.3 is 0 Å². The summed E-state index contributed by atoms with van der Waals surface area (Å²) in [6.07, 6.45) is 3.13. The highest BCUT2D eigenvalue weighted by Gasteiger charge is 2.25. The number of hydrogen-bond acceptors (Lipinski definition) is 8. The van der Waals surface area contributed by atoms with E-state index in [9.17, 15) is 28.6 Å². The maximum atomic E-state index is 13.0. The summed E-state index contributed by atoms with van der Waals surface area (Å²) in [4.78, 5) is 30.9. The van der Waals surface area contributed by atoms with Crippen molar-refractivity contribution in [1.29, 1.82) is 5.26 Å². The number of anilines is 1. The maximum absolute atomic E-state index is 13.0. The van der Waals surface area contributed by atoms with Crippen LogP contribution in [0.1, 0.15) is 22.3 Å². The van der Waals surface area contributed by atoms with Crippen LogP contribution in [0, 0.1) is 21.4 Å². The first-order valence-corrected chi connectivity index (χ1v) is 11.0. The third-order valence-corrected chi connectivity index (χ3v) is 5.86. The van der Waals surface area contributed by atoms with Crippen molar-refractivity contribution in [3.63, 3.8) is 0 Å². The van der Waals surface area contributed by atoms with Gasteiger partial charge in [0.05, 0.1) is 15.4 Å². The van der Waals surface area contributed by atoms with E-state index in [-0.39, 0.29) is 10.5 Å². The number of nitro benzene ring substituents is 1. The quantitative estimate of drug-likeness (QED) is 0.528. The third-order valence-electron chi connectivity index (χ3n) is 4.77. The summed E-state index contributed by atoms with van der Waals surface area (Å²) in [7, 11) is -3.73. The lowest BCUT2D eigenvalue weighted by Crippen LogP contribution is -2.35. The van der Waals surface area contributed by atoms with Gasteiger partial charge in [0.15, 0.2) is 9.84 Å². The van der Waals surface area contributed by atoms with E-state index in [0.717, 1.165) is 18.4 Å². The summed E-state index contributed by atoms with van der Waals surface area (Å²) in [6.45, 7) is 1.70. The Labute approximate surface area is 173 Å². The zero-order valence-corrected chi connectivity index (χ0v) is 17.0. The minimum absolute atomic E-state index is 0.0476. The summed E-state index contributed by atoms with van der Waals surface area (Å²) in [6, 6.07) is 8.66. The lowest BCUT2D eigenvalue weighted by molar-refractivity contribution is -0.385. The Morgan fingerprint density at radius 3 is 2.67 bits per heavy atom. The van der Waals surface area contributed by atoms with Gasteiger partial charge in [-0.15, -0.1) is 0 Å². The topological polar surface area (TPSA) is 138 Å². The number of sulfone groups is 1. The summed E-state index contributed by atoms with van der Waals surface area (Å²) in [5.41, 5.74) is -0.0627. The smallest absolute Gasteiger partial charge is 0.271 e. The van der Waals surface area contributed by atoms with Crippen molar-refractivity contribution >= 4 is 27.2 Å². The van der Waals surface area contributed by atoms with Gasteiger partial charge in [0, 0.05) is 56.3 Å². The highest BCUT2D eigenvalue weighted by molar-refractivity contribution is 7.90. The van der Waals surface area contributed by atoms with Crippen LogP contribution in [0.2, 0.25) is 0 Å². The van der Waals surface area contributed by atoms with Crippen LogP contribution in [-0.2, 0) is 9.84 Å². The van der Waals surface area contributed by atoms with E-state index in [4.69, 9.17) is 0 Å². The van der Waals surface area contributed by atoms with Crippen LogP contribution in [0.3, 0.4) is 0 Å². The van der Waals surface area contributed by atoms with Gasteiger partial charge in [0.25, 0.3) is 11.6 Å². The Kier molecular flexibility index (Phi) is 5.98. The van der Waals surface area contributed by atoms with E-state index in [1.807, 2.05) is 4.90 Å². The van der Waals surface area contributed by atoms with Crippen molar-refractivity contribution in [3.8, 4) is 6.07 Å². The minimum Gasteiger partial charge on any atom is -0.354 e. The number of pyridine rings is 1. The Balaban J connectivity index is 1.85. The van der Waals surface area contributed by atoms with E-state index in [1.165, 1.54) is 11.0 Å². The number of hydrogen-bond donors (Lipinski definition) is 0. The lowest BCUT2D eigenvalue weighted by Gasteiger charge is -2.23. The number of nitriles is 1. The predicted octanol–water partition coefficient (Wildman–Crippen LogP) is 1.62. The van der Waals surface area contributed by atoms with Crippen LogP contribution in [0.5, 0.6) is 0 Å². The fourth-order valence-electron chi connectivity index (χ4n) is 3.28. The molecule has 0 saturated carbocycles. The summed E-state index contributed by atoms with van der Waals surface area (Å²) >= 11 is 0. The standard InChI is InChI=1S/C19H19N5O5S/c1-30(28,29)17-11-15(10-16(12-17)24(26)27)19(25)23-7-3-6-22(8-9-23)18-14(13-20)4-2-5-21-18/h2,4-5,10-12H,3,6-9H2,1H3. The van der Waals surface area contributed by atoms with Crippen LogP contribution < -0.4 is 4.90 Å². The molecule has 0 N–H and O–H groups in total. The number of nitro groups is 1. The second-order valence-corrected chi connectivity index (χ2v) is 8.88. The van der Waals surface area contributed by atoms with Crippen molar-refractivity contribution in [2.75, 3.05) is 37.3 Å². The number of non-ortho nitro benzene ring substituents is 1. The van der Waals surface area contributed by atoms with Crippen LogP contribution in [0.4, 0.5) is 11.5 Å². The van der Waals surface area contributed by atoms with Gasteiger partial charge in [-0.2, -0.15) is 5.26 Å². The molecule has 1 saturated heterocycles. The molecular formula is C19H19N5O5S. The van der Waals surface area contributed by atoms with E-state index in [0.29, 0.717) is 44.0 Å². The molecule has 3 rings (SSSR count). The summed E-state index contributed by atoms with van der Waals surface area (Å²) in [5, 5.41) is 20.5. The number of amides is 1. The Morgan fingerprint density at radius 1 is 1.23 bits per heavy atom. The number of carbonyl (C=O) groups is 1. The second-order valence-electron chi connectivity index (χ2n) is 6.86. The first kappa shape index (κ1) is 21.2. The zero-order chi connectivity index (χ0) is 21.9. The second kappa shape index (κ2) is 8.46. The van der Waals surface area contributed by atoms with Crippen molar-refractivity contribution in [2.24, 2.45) is 0 Å². The number of carbonyl (C=O) groups excluding carboxylic acids is 1. The van der Waals surface area contributed by atoms with Crippen molar-refractivity contribution in [1.82, 2.24) is 9.88 Å². The average molecular weight is 429 g/mol. The fourth-order valence-corrected chi connectivity index (χ4v) is 3.95. The summed E-state index contributed by atoms with van der Waals surface area (Å²) in [5.74, 6) is 0.0657. The monoisotopic (exact) mass is 429 g/mol. The van der Waals surface area contributed by atoms with E-state index < -0.39 is 26.4 Å². The van der Waals surface area contributed by atoms with Gasteiger partial charge in [-0.3, -0.25) is 14.9 Å². The molecule has 1 aliphatic heterocycles. The predicted molar refractivity (Wildman–Crippen MR) is 108 cm³/mol. The molecule has 10 nitrogen and oxygen atoms in total. The summed E-state index contributed by atoms with van der Waals surface area (Å²) < 4.78 is 23.8. The molecule has 0 atom stereocenters. The van der Waals surface area contributed by atoms with Crippen LogP contribution in [-0.4, -0.2) is 61.6 Å². The van der Waals surface area contributed by atoms with Gasteiger partial charge < -0.3 is 9.80 Å². The highest BCUT2D eigenvalue weighted by Crippen LogP contribution is 2.23. The third kappa shape index (κ3) is 4.55. The molecular weight excluding hydrogens is 410 g/mol. The first-order chi connectivity index (χ1) is 14.2. The number of rotatable bonds is 4. The van der Waals surface area contributed by atoms with Crippen molar-refractivity contribution in [3.05, 3.63) is 57.8 Å². The molecule has 0 aliphatic carbocycles. The van der Waals surface area contributed by atoms with E-state index in [1.54, 1.807) is 18.3 Å². The normalized spacial score (nSPS) is 14.7. The zero-order valence-electron chi connectivity index (χ0n) is 16.2. The largest absolute Gasteiger partial charge is 0.354 e. The molecule has 11 heteroatoms. The number of aromatic nitrogens is 1. The molecule has 0 unspecified atom stereocenters. The van der Waals surface area contributed by atoms with E-state index in [2.05, 4.69) is 11.1 Å². The average Bonchev–Trinajstić information content (AvgIpc) is 2.98. The molecule has 1 amide bonds. The SMILES string of the molecule is CS(=O)(=O)c1cc(C(=O)N2CCCN(c3ncccc3C#N)CC2)cc([N+](=O)[O-])c1. The Bertz CT molecular complexity index is 1140. The lowest BCUT2D eigenvalue weighted by atomic mass is 10.1. The van der Waals surface area contributed by atoms with Crippen LogP contribution in [0.15, 0.2) is 41.4 Å². The molecule has 156 valence electrons. The van der Waals surface area contributed by atoms with Crippen molar-refractivity contribution in [2.45, 2.75) is 11.3 Å². The fraction of sp³-hybridized carbons (Fsp3) is 0.316. The maximum Gasteiger partial charge on any atom is 0.271 e. The van der Waals surface area contributed by atoms with Gasteiger partial charge in [0.1, 0.15) is 11.9 Å². The van der Waals surface area contributed by atoms with Gasteiger partial charge in [-0.1, -0.05) is 0 Å². The molecule has 0 radical (unpaired) electrons. The Morgan fingerprint density at radius 2 is 2.00 bits per heavy atom. The number of nitrogens with zero attached hydrogens (tertiary/aromatic N) is 5. The molecule has 0 bridgehead atoms. The highest BCUT2D eigenvalue weighted by atomic mass is 32.2. The van der Waals surface area contributed by atoms with Crippen LogP contribution >= 0.6 is 0 Å². The van der Waals surface area contributed by atoms with Gasteiger partial charge in [-0.25, -0.2) is 13.4 Å². The molecule has 1 aromatic carbocycles. The van der Waals surface area contributed by atoms with Gasteiger partial charge in [-0.05, 0) is 24.6 Å². The number of benzene rings is 1. The molecule has 1 aromatic heterocycles. The molecule has 2 aromatic rings.